The summed E-state index contributed by atoms with van der Waals surface area (Å²) in [5, 5.41) is 7.85. The van der Waals surface area contributed by atoms with Gasteiger partial charge in [0.15, 0.2) is 0 Å². The van der Waals surface area contributed by atoms with Crippen LogP contribution in [0.15, 0.2) is 0 Å². The Hall–Kier alpha value is -0.840. The molecule has 98 valence electrons. The summed E-state index contributed by atoms with van der Waals surface area (Å²) in [6.45, 7) is 5.32. The topological polar surface area (TPSA) is 55.9 Å². The van der Waals surface area contributed by atoms with Gasteiger partial charge in [0.05, 0.1) is 11.4 Å². The van der Waals surface area contributed by atoms with Crippen LogP contribution in [0, 0.1) is 5.92 Å². The van der Waals surface area contributed by atoms with E-state index in [1.807, 2.05) is 23.5 Å². The van der Waals surface area contributed by atoms with E-state index in [-0.39, 0.29) is 0 Å². The third-order valence-corrected chi connectivity index (χ3v) is 3.62. The van der Waals surface area contributed by atoms with Crippen LogP contribution in [0.1, 0.15) is 26.0 Å². The first-order valence-corrected chi connectivity index (χ1v) is 7.53. The second kappa shape index (κ2) is 6.79. The fourth-order valence-corrected chi connectivity index (χ4v) is 2.53. The van der Waals surface area contributed by atoms with E-state index >= 15 is 0 Å². The van der Waals surface area contributed by atoms with Gasteiger partial charge in [-0.2, -0.15) is 16.9 Å². The maximum Gasteiger partial charge on any atom is 0.147 e. The zero-order valence-corrected chi connectivity index (χ0v) is 12.1. The number of hydrogen-bond acceptors (Lipinski definition) is 4. The van der Waals surface area contributed by atoms with E-state index in [2.05, 4.69) is 30.5 Å². The molecule has 0 aliphatic heterocycles. The van der Waals surface area contributed by atoms with E-state index < -0.39 is 0 Å². The van der Waals surface area contributed by atoms with Gasteiger partial charge in [-0.3, -0.25) is 4.68 Å². The van der Waals surface area contributed by atoms with Crippen LogP contribution in [0.4, 0.5) is 11.5 Å². The van der Waals surface area contributed by atoms with Crippen molar-refractivity contribution in [1.29, 1.82) is 0 Å². The lowest BCUT2D eigenvalue weighted by molar-refractivity contribution is 0.683. The lowest BCUT2D eigenvalue weighted by atomic mass is 10.2. The first kappa shape index (κ1) is 14.2. The number of nitrogens with zero attached hydrogens (tertiary/aromatic N) is 2. The van der Waals surface area contributed by atoms with Gasteiger partial charge < -0.3 is 11.1 Å². The largest absolute Gasteiger partial charge is 0.394 e. The van der Waals surface area contributed by atoms with Crippen LogP contribution >= 0.6 is 11.8 Å². The van der Waals surface area contributed by atoms with Gasteiger partial charge in [-0.05, 0) is 24.3 Å². The van der Waals surface area contributed by atoms with Crippen LogP contribution < -0.4 is 11.1 Å². The summed E-state index contributed by atoms with van der Waals surface area (Å²) in [5.41, 5.74) is 7.92. The zero-order valence-electron chi connectivity index (χ0n) is 11.3. The summed E-state index contributed by atoms with van der Waals surface area (Å²) in [4.78, 5) is 0. The fraction of sp³-hybridized carbons (Fsp3) is 0.750. The van der Waals surface area contributed by atoms with E-state index in [1.165, 1.54) is 0 Å². The summed E-state index contributed by atoms with van der Waals surface area (Å²) in [5.74, 6) is 2.75. The van der Waals surface area contributed by atoms with Crippen molar-refractivity contribution in [3.8, 4) is 0 Å². The zero-order chi connectivity index (χ0) is 12.8. The number of nitrogens with one attached hydrogen (secondary N) is 1. The molecule has 1 aromatic rings. The molecule has 0 saturated heterocycles. The van der Waals surface area contributed by atoms with Crippen LogP contribution in [-0.4, -0.2) is 28.3 Å². The molecule has 0 aliphatic rings. The van der Waals surface area contributed by atoms with Gasteiger partial charge in [0.25, 0.3) is 0 Å². The molecule has 0 spiro atoms. The minimum Gasteiger partial charge on any atom is -0.394 e. The molecule has 0 aliphatic carbocycles. The van der Waals surface area contributed by atoms with E-state index in [4.69, 9.17) is 5.73 Å². The van der Waals surface area contributed by atoms with Crippen LogP contribution in [0.2, 0.25) is 0 Å². The first-order chi connectivity index (χ1) is 8.10. The average Bonchev–Trinajstić information content (AvgIpc) is 2.53. The highest BCUT2D eigenvalue weighted by Gasteiger charge is 2.12. The molecule has 0 amide bonds. The van der Waals surface area contributed by atoms with E-state index in [9.17, 15) is 0 Å². The van der Waals surface area contributed by atoms with Crippen LogP contribution in [0.5, 0.6) is 0 Å². The summed E-state index contributed by atoms with van der Waals surface area (Å²) >= 11 is 1.87. The van der Waals surface area contributed by atoms with Gasteiger partial charge in [-0.1, -0.05) is 20.3 Å². The number of anilines is 2. The number of nitrogens with two attached hydrogens (primary N) is 1. The molecule has 4 nitrogen and oxygen atoms in total. The Morgan fingerprint density at radius 1 is 1.53 bits per heavy atom. The minimum atomic E-state index is 0.633. The van der Waals surface area contributed by atoms with Gasteiger partial charge in [0.2, 0.25) is 0 Å². The standard InChI is InChI=1S/C12H24N4S/c1-5-6-10-11(13)12(16(3)15-10)14-7-9(2)8-17-4/h9,14H,5-8,13H2,1-4H3. The Balaban J connectivity index is 2.64. The first-order valence-electron chi connectivity index (χ1n) is 6.14. The Morgan fingerprint density at radius 2 is 2.24 bits per heavy atom. The lowest BCUT2D eigenvalue weighted by Crippen LogP contribution is -2.16. The monoisotopic (exact) mass is 256 g/mol. The molecule has 0 radical (unpaired) electrons. The lowest BCUT2D eigenvalue weighted by Gasteiger charge is -2.12. The van der Waals surface area contributed by atoms with Crippen molar-refractivity contribution in [3.63, 3.8) is 0 Å². The van der Waals surface area contributed by atoms with Crippen molar-refractivity contribution in [2.24, 2.45) is 13.0 Å². The van der Waals surface area contributed by atoms with Crippen LogP contribution in [-0.2, 0) is 13.5 Å². The SMILES string of the molecule is CCCc1nn(C)c(NCC(C)CSC)c1N. The Labute approximate surface area is 108 Å². The molecule has 0 bridgehead atoms. The molecule has 1 unspecified atom stereocenters. The van der Waals surface area contributed by atoms with Gasteiger partial charge in [-0.15, -0.1) is 0 Å². The van der Waals surface area contributed by atoms with Crippen LogP contribution in [0.25, 0.3) is 0 Å². The van der Waals surface area contributed by atoms with Crippen molar-refractivity contribution < 1.29 is 0 Å². The van der Waals surface area contributed by atoms with Gasteiger partial charge in [0, 0.05) is 13.6 Å². The van der Waals surface area contributed by atoms with Crippen molar-refractivity contribution in [2.45, 2.75) is 26.7 Å². The Bertz CT molecular complexity index is 349. The Kier molecular flexibility index (Phi) is 5.68. The molecular formula is C12H24N4S. The predicted molar refractivity (Wildman–Crippen MR) is 77.7 cm³/mol. The molecule has 0 saturated carbocycles. The summed E-state index contributed by atoms with van der Waals surface area (Å²) in [6, 6.07) is 0. The van der Waals surface area contributed by atoms with E-state index in [1.54, 1.807) is 0 Å². The maximum atomic E-state index is 6.10. The number of aryl methyl sites for hydroxylation is 2. The van der Waals surface area contributed by atoms with Crippen LogP contribution in [0.3, 0.4) is 0 Å². The number of nitrogen functional groups attached to an aromatic ring is 1. The highest BCUT2D eigenvalue weighted by Crippen LogP contribution is 2.23. The summed E-state index contributed by atoms with van der Waals surface area (Å²) in [6.07, 6.45) is 4.15. The molecule has 1 aromatic heterocycles. The molecule has 1 atom stereocenters. The molecule has 1 heterocycles. The van der Waals surface area contributed by atoms with Gasteiger partial charge >= 0.3 is 0 Å². The highest BCUT2D eigenvalue weighted by molar-refractivity contribution is 7.98. The maximum absolute atomic E-state index is 6.10. The number of rotatable bonds is 7. The average molecular weight is 256 g/mol. The molecule has 0 fully saturated rings. The summed E-state index contributed by atoms with van der Waals surface area (Å²) in [7, 11) is 1.94. The van der Waals surface area contributed by atoms with Crippen molar-refractivity contribution in [2.75, 3.05) is 29.6 Å². The highest BCUT2D eigenvalue weighted by atomic mass is 32.2. The van der Waals surface area contributed by atoms with Crippen molar-refractivity contribution in [1.82, 2.24) is 9.78 Å². The molecule has 17 heavy (non-hydrogen) atoms. The molecule has 0 aromatic carbocycles. The minimum absolute atomic E-state index is 0.633. The predicted octanol–water partition coefficient (Wildman–Crippen LogP) is 2.37. The van der Waals surface area contributed by atoms with E-state index in [0.717, 1.165) is 42.3 Å². The molecular weight excluding hydrogens is 232 g/mol. The quantitative estimate of drug-likeness (QED) is 0.786. The second-order valence-corrected chi connectivity index (χ2v) is 5.43. The number of hydrogen-bond donors (Lipinski definition) is 2. The number of aromatic nitrogens is 2. The van der Waals surface area contributed by atoms with Gasteiger partial charge in [0.1, 0.15) is 5.82 Å². The van der Waals surface area contributed by atoms with E-state index in [0.29, 0.717) is 5.92 Å². The summed E-state index contributed by atoms with van der Waals surface area (Å²) < 4.78 is 1.85. The number of thioether (sulfide) groups is 1. The smallest absolute Gasteiger partial charge is 0.147 e. The third kappa shape index (κ3) is 3.84. The second-order valence-electron chi connectivity index (χ2n) is 4.52. The van der Waals surface area contributed by atoms with Gasteiger partial charge in [-0.25, -0.2) is 0 Å². The normalized spacial score (nSPS) is 12.7. The fourth-order valence-electron chi connectivity index (χ4n) is 1.84. The third-order valence-electron chi connectivity index (χ3n) is 2.72. The van der Waals surface area contributed by atoms with Crippen molar-refractivity contribution in [3.05, 3.63) is 5.69 Å². The molecule has 5 heteroatoms. The molecule has 1 rings (SSSR count). The Morgan fingerprint density at radius 3 is 2.82 bits per heavy atom. The van der Waals surface area contributed by atoms with Crippen molar-refractivity contribution >= 4 is 23.3 Å². The molecule has 3 N–H and O–H groups in total.